The van der Waals surface area contributed by atoms with Crippen molar-refractivity contribution in [3.05, 3.63) is 48.0 Å². The van der Waals surface area contributed by atoms with Gasteiger partial charge in [-0.1, -0.05) is 0 Å². The molecule has 1 saturated heterocycles. The van der Waals surface area contributed by atoms with Crippen molar-refractivity contribution in [2.75, 3.05) is 37.4 Å². The van der Waals surface area contributed by atoms with Crippen molar-refractivity contribution in [1.29, 1.82) is 0 Å². The van der Waals surface area contributed by atoms with E-state index >= 15 is 0 Å². The number of ether oxygens (including phenoxy) is 1. The van der Waals surface area contributed by atoms with Gasteiger partial charge in [0.2, 0.25) is 5.91 Å². The molecule has 4 aromatic rings. The summed E-state index contributed by atoms with van der Waals surface area (Å²) < 4.78 is 21.9. The number of hydrogen-bond donors (Lipinski definition) is 3. The molecule has 1 aliphatic rings. The van der Waals surface area contributed by atoms with E-state index in [1.165, 1.54) is 10.7 Å². The van der Waals surface area contributed by atoms with Crippen molar-refractivity contribution in [3.8, 4) is 6.01 Å². The van der Waals surface area contributed by atoms with E-state index in [4.69, 9.17) is 10.5 Å². The summed E-state index contributed by atoms with van der Waals surface area (Å²) in [6.45, 7) is 3.19. The summed E-state index contributed by atoms with van der Waals surface area (Å²) in [7, 11) is 3.46. The molecule has 2 atom stereocenters. The molecule has 198 valence electrons. The Balaban J connectivity index is 1.46. The van der Waals surface area contributed by atoms with Crippen LogP contribution in [0.3, 0.4) is 0 Å². The SMILES string of the molecule is C[C@H](N)CNc1ccc(C(=O)Nc2cc(F)c3nn(C)cc3c2)c2nc(OCC3CCN(C)C3=O)ncc12. The van der Waals surface area contributed by atoms with Gasteiger partial charge in [-0.15, -0.1) is 0 Å². The van der Waals surface area contributed by atoms with Gasteiger partial charge in [-0.25, -0.2) is 9.37 Å². The number of nitrogens with zero attached hydrogens (tertiary/aromatic N) is 5. The molecule has 0 aliphatic carbocycles. The molecule has 4 N–H and O–H groups in total. The number of hydrogen-bond acceptors (Lipinski definition) is 8. The molecule has 5 rings (SSSR count). The molecule has 1 aliphatic heterocycles. The van der Waals surface area contributed by atoms with Crippen molar-refractivity contribution in [2.24, 2.45) is 18.7 Å². The summed E-state index contributed by atoms with van der Waals surface area (Å²) in [6, 6.07) is 6.22. The van der Waals surface area contributed by atoms with Crippen molar-refractivity contribution in [3.63, 3.8) is 0 Å². The van der Waals surface area contributed by atoms with Crippen LogP contribution < -0.4 is 21.1 Å². The smallest absolute Gasteiger partial charge is 0.316 e. The van der Waals surface area contributed by atoms with Crippen LogP contribution in [0.15, 0.2) is 36.7 Å². The third-order valence-corrected chi connectivity index (χ3v) is 6.47. The molecule has 0 radical (unpaired) electrons. The monoisotopic (exact) mass is 520 g/mol. The number of fused-ring (bicyclic) bond motifs is 2. The van der Waals surface area contributed by atoms with Crippen LogP contribution in [0.25, 0.3) is 21.8 Å². The Hall–Kier alpha value is -4.32. The Kier molecular flexibility index (Phi) is 6.81. The van der Waals surface area contributed by atoms with Crippen LogP contribution in [0.5, 0.6) is 6.01 Å². The fourth-order valence-corrected chi connectivity index (χ4v) is 4.49. The van der Waals surface area contributed by atoms with Crippen LogP contribution in [0.1, 0.15) is 23.7 Å². The Morgan fingerprint density at radius 1 is 1.29 bits per heavy atom. The van der Waals surface area contributed by atoms with Crippen LogP contribution in [0, 0.1) is 11.7 Å². The number of likely N-dealkylation sites (tertiary alicyclic amines) is 1. The maximum absolute atomic E-state index is 14.6. The van der Waals surface area contributed by atoms with Crippen LogP contribution in [-0.4, -0.2) is 69.2 Å². The van der Waals surface area contributed by atoms with Gasteiger partial charge in [0.1, 0.15) is 12.1 Å². The molecule has 2 aromatic carbocycles. The first kappa shape index (κ1) is 25.3. The van der Waals surface area contributed by atoms with Gasteiger partial charge in [-0.05, 0) is 37.6 Å². The minimum Gasteiger partial charge on any atom is -0.463 e. The Labute approximate surface area is 218 Å². The highest BCUT2D eigenvalue weighted by Gasteiger charge is 2.30. The highest BCUT2D eigenvalue weighted by Crippen LogP contribution is 2.28. The number of aryl methyl sites for hydroxylation is 1. The normalized spacial score (nSPS) is 16.3. The molecule has 0 saturated carbocycles. The third kappa shape index (κ3) is 5.07. The lowest BCUT2D eigenvalue weighted by Gasteiger charge is -2.15. The summed E-state index contributed by atoms with van der Waals surface area (Å²) in [6.07, 6.45) is 3.94. The number of aromatic nitrogens is 4. The summed E-state index contributed by atoms with van der Waals surface area (Å²) in [4.78, 5) is 36.1. The van der Waals surface area contributed by atoms with Gasteiger partial charge in [-0.2, -0.15) is 10.1 Å². The van der Waals surface area contributed by atoms with Gasteiger partial charge < -0.3 is 26.0 Å². The van der Waals surface area contributed by atoms with E-state index in [-0.39, 0.29) is 47.3 Å². The number of nitrogens with two attached hydrogens (primary N) is 1. The molecular formula is C26H29FN8O3. The predicted molar refractivity (Wildman–Crippen MR) is 142 cm³/mol. The maximum Gasteiger partial charge on any atom is 0.316 e. The summed E-state index contributed by atoms with van der Waals surface area (Å²) >= 11 is 0. The molecular weight excluding hydrogens is 491 g/mol. The van der Waals surface area contributed by atoms with Gasteiger partial charge >= 0.3 is 6.01 Å². The number of rotatable bonds is 8. The number of halogens is 1. The molecule has 12 heteroatoms. The fourth-order valence-electron chi connectivity index (χ4n) is 4.49. The average molecular weight is 521 g/mol. The van der Waals surface area contributed by atoms with Gasteiger partial charge in [0.05, 0.1) is 17.0 Å². The molecule has 0 bridgehead atoms. The lowest BCUT2D eigenvalue weighted by atomic mass is 10.1. The Morgan fingerprint density at radius 2 is 2.11 bits per heavy atom. The van der Waals surface area contributed by atoms with E-state index < -0.39 is 11.7 Å². The molecule has 11 nitrogen and oxygen atoms in total. The summed E-state index contributed by atoms with van der Waals surface area (Å²) in [5, 5.41) is 11.3. The highest BCUT2D eigenvalue weighted by molar-refractivity contribution is 6.14. The maximum atomic E-state index is 14.6. The van der Waals surface area contributed by atoms with Gasteiger partial charge in [0.15, 0.2) is 5.82 Å². The van der Waals surface area contributed by atoms with Crippen LogP contribution in [-0.2, 0) is 11.8 Å². The summed E-state index contributed by atoms with van der Waals surface area (Å²) in [5.41, 5.74) is 7.71. The largest absolute Gasteiger partial charge is 0.463 e. The topological polar surface area (TPSA) is 140 Å². The highest BCUT2D eigenvalue weighted by atomic mass is 19.1. The molecule has 1 fully saturated rings. The number of benzene rings is 2. The van der Waals surface area contributed by atoms with Crippen molar-refractivity contribution in [2.45, 2.75) is 19.4 Å². The lowest BCUT2D eigenvalue weighted by molar-refractivity contribution is -0.130. The molecule has 2 amide bonds. The quantitative estimate of drug-likeness (QED) is 0.322. The Bertz CT molecular complexity index is 1540. The number of amides is 2. The lowest BCUT2D eigenvalue weighted by Crippen LogP contribution is -2.26. The fraction of sp³-hybridized carbons (Fsp3) is 0.346. The number of carbonyl (C=O) groups is 2. The molecule has 1 unspecified atom stereocenters. The molecule has 2 aromatic heterocycles. The van der Waals surface area contributed by atoms with Crippen LogP contribution in [0.2, 0.25) is 0 Å². The first-order chi connectivity index (χ1) is 18.2. The standard InChI is InChI=1S/C26H29FN8O3/c1-14(28)10-29-21-5-4-18(24(36)31-17-8-16-12-35(3)33-22(16)20(27)9-17)23-19(21)11-30-26(32-23)38-13-15-6-7-34(2)25(15)37/h4-5,8-9,11-12,14-15,29H,6-7,10,13,28H2,1-3H3,(H,31,36)/t14-,15?/m0/s1. The minimum absolute atomic E-state index is 0.0195. The van der Waals surface area contributed by atoms with E-state index in [0.29, 0.717) is 41.5 Å². The van der Waals surface area contributed by atoms with Crippen molar-refractivity contribution in [1.82, 2.24) is 24.6 Å². The minimum atomic E-state index is -0.538. The zero-order chi connectivity index (χ0) is 27.0. The van der Waals surface area contributed by atoms with E-state index in [2.05, 4.69) is 25.7 Å². The van der Waals surface area contributed by atoms with Crippen LogP contribution >= 0.6 is 0 Å². The number of anilines is 2. The van der Waals surface area contributed by atoms with E-state index in [1.54, 1.807) is 49.6 Å². The number of carbonyl (C=O) groups excluding carboxylic acids is 2. The Morgan fingerprint density at radius 3 is 2.84 bits per heavy atom. The second-order valence-corrected chi connectivity index (χ2v) is 9.64. The first-order valence-electron chi connectivity index (χ1n) is 12.3. The van der Waals surface area contributed by atoms with Gasteiger partial charge in [0.25, 0.3) is 5.91 Å². The second kappa shape index (κ2) is 10.2. The zero-order valence-corrected chi connectivity index (χ0v) is 21.4. The molecule has 0 spiro atoms. The number of nitrogens with one attached hydrogen (secondary N) is 2. The van der Waals surface area contributed by atoms with E-state index in [1.807, 2.05) is 6.92 Å². The van der Waals surface area contributed by atoms with Crippen molar-refractivity contribution >= 4 is 45.0 Å². The van der Waals surface area contributed by atoms with E-state index in [9.17, 15) is 14.0 Å². The van der Waals surface area contributed by atoms with Crippen LogP contribution in [0.4, 0.5) is 15.8 Å². The average Bonchev–Trinajstić information content (AvgIpc) is 3.41. The third-order valence-electron chi connectivity index (χ3n) is 6.47. The molecule has 3 heterocycles. The van der Waals surface area contributed by atoms with E-state index in [0.717, 1.165) is 0 Å². The first-order valence-corrected chi connectivity index (χ1v) is 12.3. The second-order valence-electron chi connectivity index (χ2n) is 9.64. The van der Waals surface area contributed by atoms with Gasteiger partial charge in [0, 0.05) is 67.8 Å². The summed E-state index contributed by atoms with van der Waals surface area (Å²) in [5.74, 6) is -1.26. The molecule has 38 heavy (non-hydrogen) atoms. The van der Waals surface area contributed by atoms with Crippen molar-refractivity contribution < 1.29 is 18.7 Å². The predicted octanol–water partition coefficient (Wildman–Crippen LogP) is 2.52. The van der Waals surface area contributed by atoms with Gasteiger partial charge in [-0.3, -0.25) is 14.3 Å². The zero-order valence-electron chi connectivity index (χ0n) is 21.4.